The average molecular weight is 270 g/mol. The Bertz CT molecular complexity index is 633. The van der Waals surface area contributed by atoms with Crippen molar-refractivity contribution in [1.82, 2.24) is 0 Å². The smallest absolute Gasteiger partial charge is 0.129 e. The van der Waals surface area contributed by atoms with Crippen molar-refractivity contribution >= 4 is 0 Å². The van der Waals surface area contributed by atoms with Crippen molar-refractivity contribution in [2.24, 2.45) is 0 Å². The van der Waals surface area contributed by atoms with Gasteiger partial charge in [0.15, 0.2) is 0 Å². The minimum absolute atomic E-state index is 0.346. The Morgan fingerprint density at radius 3 is 2.55 bits per heavy atom. The van der Waals surface area contributed by atoms with Crippen LogP contribution in [-0.4, -0.2) is 5.11 Å². The fourth-order valence-corrected chi connectivity index (χ4v) is 2.98. The molecule has 1 aliphatic rings. The van der Waals surface area contributed by atoms with Crippen LogP contribution in [0.2, 0.25) is 0 Å². The van der Waals surface area contributed by atoms with Crippen LogP contribution in [0.5, 0.6) is 0 Å². The van der Waals surface area contributed by atoms with Crippen molar-refractivity contribution in [2.75, 3.05) is 0 Å². The molecule has 3 rings (SSSR count). The molecule has 0 bridgehead atoms. The Labute approximate surface area is 119 Å². The van der Waals surface area contributed by atoms with Gasteiger partial charge >= 0.3 is 0 Å². The Morgan fingerprint density at radius 2 is 1.75 bits per heavy atom. The molecule has 2 heteroatoms. The molecule has 0 radical (unpaired) electrons. The van der Waals surface area contributed by atoms with Gasteiger partial charge in [0.05, 0.1) is 0 Å². The van der Waals surface area contributed by atoms with E-state index < -0.39 is 6.10 Å². The van der Waals surface area contributed by atoms with E-state index in [0.29, 0.717) is 5.56 Å². The topological polar surface area (TPSA) is 20.2 Å². The summed E-state index contributed by atoms with van der Waals surface area (Å²) in [6.07, 6.45) is 3.73. The van der Waals surface area contributed by atoms with Crippen molar-refractivity contribution in [3.05, 3.63) is 70.0 Å². The Balaban J connectivity index is 1.97. The molecule has 2 aromatic carbocycles. The van der Waals surface area contributed by atoms with Gasteiger partial charge < -0.3 is 5.11 Å². The highest BCUT2D eigenvalue weighted by atomic mass is 19.1. The zero-order valence-electron chi connectivity index (χ0n) is 11.7. The first kappa shape index (κ1) is 13.3. The quantitative estimate of drug-likeness (QED) is 0.871. The van der Waals surface area contributed by atoms with Gasteiger partial charge in [-0.25, -0.2) is 4.39 Å². The largest absolute Gasteiger partial charge is 0.384 e. The molecule has 104 valence electrons. The summed E-state index contributed by atoms with van der Waals surface area (Å²) in [6, 6.07) is 10.9. The first-order valence-electron chi connectivity index (χ1n) is 7.21. The van der Waals surface area contributed by atoms with E-state index >= 15 is 0 Å². The lowest BCUT2D eigenvalue weighted by Crippen LogP contribution is -2.07. The molecule has 0 saturated carbocycles. The van der Waals surface area contributed by atoms with Crippen molar-refractivity contribution in [1.29, 1.82) is 0 Å². The number of hydrogen-bond donors (Lipinski definition) is 1. The van der Waals surface area contributed by atoms with Crippen LogP contribution in [-0.2, 0) is 12.8 Å². The monoisotopic (exact) mass is 270 g/mol. The van der Waals surface area contributed by atoms with Crippen LogP contribution < -0.4 is 0 Å². The number of aliphatic hydroxyl groups is 1. The second-order valence-corrected chi connectivity index (χ2v) is 5.66. The molecule has 1 unspecified atom stereocenters. The molecule has 1 nitrogen and oxygen atoms in total. The standard InChI is InChI=1S/C18H19FO/c1-12-6-9-17(19)16(10-12)18(20)15-8-7-13-4-2-3-5-14(13)11-15/h6-11,18,20H,2-5H2,1H3. The molecule has 1 atom stereocenters. The normalized spacial score (nSPS) is 15.8. The fraction of sp³-hybridized carbons (Fsp3) is 0.333. The number of rotatable bonds is 2. The molecular weight excluding hydrogens is 251 g/mol. The predicted molar refractivity (Wildman–Crippen MR) is 78.3 cm³/mol. The maximum Gasteiger partial charge on any atom is 0.129 e. The number of benzene rings is 2. The van der Waals surface area contributed by atoms with Gasteiger partial charge in [0.25, 0.3) is 0 Å². The lowest BCUT2D eigenvalue weighted by molar-refractivity contribution is 0.214. The van der Waals surface area contributed by atoms with Crippen LogP contribution in [0.1, 0.15) is 46.8 Å². The second kappa shape index (κ2) is 5.37. The molecule has 0 aromatic heterocycles. The van der Waals surface area contributed by atoms with E-state index in [0.717, 1.165) is 24.0 Å². The third-order valence-electron chi connectivity index (χ3n) is 4.13. The summed E-state index contributed by atoms with van der Waals surface area (Å²) < 4.78 is 13.9. The van der Waals surface area contributed by atoms with E-state index in [1.807, 2.05) is 19.1 Å². The fourth-order valence-electron chi connectivity index (χ4n) is 2.98. The molecule has 20 heavy (non-hydrogen) atoms. The van der Waals surface area contributed by atoms with Crippen LogP contribution in [0, 0.1) is 12.7 Å². The third kappa shape index (κ3) is 2.48. The average Bonchev–Trinajstić information content (AvgIpc) is 2.48. The molecule has 0 amide bonds. The minimum atomic E-state index is -0.887. The Morgan fingerprint density at radius 1 is 1.00 bits per heavy atom. The van der Waals surface area contributed by atoms with Gasteiger partial charge in [-0.3, -0.25) is 0 Å². The molecule has 0 heterocycles. The van der Waals surface area contributed by atoms with Gasteiger partial charge in [0.2, 0.25) is 0 Å². The van der Waals surface area contributed by atoms with Crippen LogP contribution in [0.15, 0.2) is 36.4 Å². The molecule has 0 saturated heterocycles. The number of fused-ring (bicyclic) bond motifs is 1. The van der Waals surface area contributed by atoms with E-state index in [1.54, 1.807) is 12.1 Å². The second-order valence-electron chi connectivity index (χ2n) is 5.66. The van der Waals surface area contributed by atoms with E-state index in [1.165, 1.54) is 30.0 Å². The number of hydrogen-bond acceptors (Lipinski definition) is 1. The van der Waals surface area contributed by atoms with Crippen molar-refractivity contribution in [3.8, 4) is 0 Å². The molecule has 2 aromatic rings. The summed E-state index contributed by atoms with van der Waals surface area (Å²) in [7, 11) is 0. The third-order valence-corrected chi connectivity index (χ3v) is 4.13. The van der Waals surface area contributed by atoms with Gasteiger partial charge in [-0.1, -0.05) is 35.9 Å². The van der Waals surface area contributed by atoms with Gasteiger partial charge in [0, 0.05) is 5.56 Å². The van der Waals surface area contributed by atoms with E-state index in [2.05, 4.69) is 6.07 Å². The maximum atomic E-state index is 13.9. The number of aliphatic hydroxyl groups excluding tert-OH is 1. The molecule has 1 aliphatic carbocycles. The van der Waals surface area contributed by atoms with Gasteiger partial charge in [-0.2, -0.15) is 0 Å². The Hall–Kier alpha value is -1.67. The van der Waals surface area contributed by atoms with Gasteiger partial charge in [-0.05, 0) is 55.4 Å². The summed E-state index contributed by atoms with van der Waals surface area (Å²) >= 11 is 0. The minimum Gasteiger partial charge on any atom is -0.384 e. The summed E-state index contributed by atoms with van der Waals surface area (Å²) in [4.78, 5) is 0. The maximum absolute atomic E-state index is 13.9. The molecule has 0 spiro atoms. The Kier molecular flexibility index (Phi) is 3.58. The van der Waals surface area contributed by atoms with E-state index in [4.69, 9.17) is 0 Å². The lowest BCUT2D eigenvalue weighted by atomic mass is 9.88. The summed E-state index contributed by atoms with van der Waals surface area (Å²) in [6.45, 7) is 1.91. The number of aryl methyl sites for hydroxylation is 3. The van der Waals surface area contributed by atoms with Gasteiger partial charge in [0.1, 0.15) is 11.9 Å². The van der Waals surface area contributed by atoms with E-state index in [9.17, 15) is 9.50 Å². The first-order chi connectivity index (χ1) is 9.65. The number of halogens is 1. The highest BCUT2D eigenvalue weighted by molar-refractivity contribution is 5.39. The lowest BCUT2D eigenvalue weighted by Gasteiger charge is -2.19. The highest BCUT2D eigenvalue weighted by Gasteiger charge is 2.17. The zero-order valence-corrected chi connectivity index (χ0v) is 11.7. The molecule has 1 N–H and O–H groups in total. The SMILES string of the molecule is Cc1ccc(F)c(C(O)c2ccc3c(c2)CCCC3)c1. The van der Waals surface area contributed by atoms with Crippen LogP contribution in [0.4, 0.5) is 4.39 Å². The zero-order chi connectivity index (χ0) is 14.1. The van der Waals surface area contributed by atoms with Crippen molar-refractivity contribution in [2.45, 2.75) is 38.7 Å². The predicted octanol–water partition coefficient (Wildman–Crippen LogP) is 4.09. The first-order valence-corrected chi connectivity index (χ1v) is 7.21. The molecular formula is C18H19FO. The summed E-state index contributed by atoms with van der Waals surface area (Å²) in [5.74, 6) is -0.346. The highest BCUT2D eigenvalue weighted by Crippen LogP contribution is 2.29. The van der Waals surface area contributed by atoms with Crippen LogP contribution >= 0.6 is 0 Å². The molecule has 0 fully saturated rings. The van der Waals surface area contributed by atoms with Crippen molar-refractivity contribution < 1.29 is 9.50 Å². The van der Waals surface area contributed by atoms with Crippen LogP contribution in [0.25, 0.3) is 0 Å². The summed E-state index contributed by atoms with van der Waals surface area (Å²) in [5.41, 5.74) is 4.78. The van der Waals surface area contributed by atoms with E-state index in [-0.39, 0.29) is 5.82 Å². The van der Waals surface area contributed by atoms with Crippen LogP contribution in [0.3, 0.4) is 0 Å². The summed E-state index contributed by atoms with van der Waals surface area (Å²) in [5, 5.41) is 10.5. The molecule has 0 aliphatic heterocycles. The van der Waals surface area contributed by atoms with Crippen molar-refractivity contribution in [3.63, 3.8) is 0 Å². The van der Waals surface area contributed by atoms with Gasteiger partial charge in [-0.15, -0.1) is 0 Å².